The third-order valence-corrected chi connectivity index (χ3v) is 3.25. The number of halogens is 1. The van der Waals surface area contributed by atoms with Crippen LogP contribution in [-0.2, 0) is 0 Å². The highest BCUT2D eigenvalue weighted by atomic mass is 19.1. The summed E-state index contributed by atoms with van der Waals surface area (Å²) in [5.74, 6) is 0.420. The van der Waals surface area contributed by atoms with Gasteiger partial charge in [-0.25, -0.2) is 4.39 Å². The molecule has 0 saturated heterocycles. The largest absolute Gasteiger partial charge is 0.484 e. The zero-order valence-corrected chi connectivity index (χ0v) is 10.4. The van der Waals surface area contributed by atoms with E-state index in [1.54, 1.807) is 12.1 Å². The molecule has 0 bridgehead atoms. The summed E-state index contributed by atoms with van der Waals surface area (Å²) in [6, 6.07) is 12.4. The molecule has 1 aliphatic rings. The van der Waals surface area contributed by atoms with E-state index >= 15 is 0 Å². The topological polar surface area (TPSA) is 47.3 Å². The molecule has 98 valence electrons. The van der Waals surface area contributed by atoms with Crippen LogP contribution in [0.2, 0.25) is 0 Å². The highest BCUT2D eigenvalue weighted by Crippen LogP contribution is 2.39. The van der Waals surface area contributed by atoms with Crippen molar-refractivity contribution in [2.24, 2.45) is 5.73 Å². The normalized spacial score (nSPS) is 17.3. The zero-order valence-electron chi connectivity index (χ0n) is 10.4. The van der Waals surface area contributed by atoms with Crippen molar-refractivity contribution in [1.29, 1.82) is 0 Å². The van der Waals surface area contributed by atoms with Gasteiger partial charge in [-0.2, -0.15) is 0 Å². The molecule has 19 heavy (non-hydrogen) atoms. The summed E-state index contributed by atoms with van der Waals surface area (Å²) in [5, 5.41) is 3.27. The summed E-state index contributed by atoms with van der Waals surface area (Å²) in [5.41, 5.74) is 7.81. The van der Waals surface area contributed by atoms with E-state index < -0.39 is 0 Å². The van der Waals surface area contributed by atoms with Crippen LogP contribution in [0.15, 0.2) is 42.5 Å². The van der Waals surface area contributed by atoms with E-state index in [1.165, 1.54) is 6.07 Å². The number of hydrogen-bond donors (Lipinski definition) is 2. The Hall–Kier alpha value is -2.07. The van der Waals surface area contributed by atoms with Crippen molar-refractivity contribution in [2.45, 2.75) is 6.10 Å². The Morgan fingerprint density at radius 2 is 1.95 bits per heavy atom. The highest BCUT2D eigenvalue weighted by molar-refractivity contribution is 5.79. The number of rotatable bonds is 2. The summed E-state index contributed by atoms with van der Waals surface area (Å²) in [7, 11) is 0. The van der Waals surface area contributed by atoms with Crippen LogP contribution in [0.1, 0.15) is 0 Å². The van der Waals surface area contributed by atoms with Gasteiger partial charge in [0.05, 0.1) is 12.2 Å². The van der Waals surface area contributed by atoms with Gasteiger partial charge in [-0.05, 0) is 12.1 Å². The van der Waals surface area contributed by atoms with Gasteiger partial charge in [-0.1, -0.05) is 30.3 Å². The predicted molar refractivity (Wildman–Crippen MR) is 73.8 cm³/mol. The van der Waals surface area contributed by atoms with Gasteiger partial charge >= 0.3 is 0 Å². The molecule has 3 N–H and O–H groups in total. The first kappa shape index (κ1) is 12.0. The van der Waals surface area contributed by atoms with Crippen molar-refractivity contribution >= 4 is 5.69 Å². The maximum atomic E-state index is 13.9. The van der Waals surface area contributed by atoms with E-state index in [1.807, 2.05) is 24.3 Å². The molecule has 0 amide bonds. The Balaban J connectivity index is 2.11. The number of anilines is 1. The second-order valence-electron chi connectivity index (χ2n) is 4.52. The van der Waals surface area contributed by atoms with Crippen molar-refractivity contribution in [3.8, 4) is 16.9 Å². The van der Waals surface area contributed by atoms with Crippen LogP contribution in [0.3, 0.4) is 0 Å². The van der Waals surface area contributed by atoms with Crippen LogP contribution < -0.4 is 15.8 Å². The van der Waals surface area contributed by atoms with Crippen LogP contribution in [0.5, 0.6) is 5.75 Å². The minimum atomic E-state index is -0.255. The molecule has 1 heterocycles. The molecule has 0 fully saturated rings. The van der Waals surface area contributed by atoms with Crippen LogP contribution in [0.4, 0.5) is 10.1 Å². The maximum absolute atomic E-state index is 13.9. The summed E-state index contributed by atoms with van der Waals surface area (Å²) < 4.78 is 19.8. The van der Waals surface area contributed by atoms with Gasteiger partial charge in [0, 0.05) is 17.7 Å². The van der Waals surface area contributed by atoms with E-state index in [9.17, 15) is 4.39 Å². The standard InChI is InChI=1S/C15H15FN2O/c16-13-6-2-1-4-11(13)12-5-3-7-14-15(12)19-10(8-17)9-18-14/h1-7,10,18H,8-9,17H2/t10-/m1/s1. The lowest BCUT2D eigenvalue weighted by molar-refractivity contribution is 0.215. The third kappa shape index (κ3) is 2.15. The SMILES string of the molecule is NC[C@@H]1CNc2cccc(-c3ccccc3F)c2O1. The smallest absolute Gasteiger partial charge is 0.150 e. The van der Waals surface area contributed by atoms with Crippen molar-refractivity contribution < 1.29 is 9.13 Å². The number of benzene rings is 2. The molecule has 0 aliphatic carbocycles. The Labute approximate surface area is 111 Å². The first-order valence-corrected chi connectivity index (χ1v) is 6.28. The fraction of sp³-hybridized carbons (Fsp3) is 0.200. The summed E-state index contributed by atoms with van der Waals surface area (Å²) in [6.07, 6.45) is -0.0829. The summed E-state index contributed by atoms with van der Waals surface area (Å²) in [4.78, 5) is 0. The molecule has 3 nitrogen and oxygen atoms in total. The molecule has 4 heteroatoms. The number of nitrogens with two attached hydrogens (primary N) is 1. The fourth-order valence-corrected chi connectivity index (χ4v) is 2.26. The Kier molecular flexibility index (Phi) is 3.09. The number of nitrogens with one attached hydrogen (secondary N) is 1. The molecule has 0 radical (unpaired) electrons. The Morgan fingerprint density at radius 3 is 2.74 bits per heavy atom. The molecule has 3 rings (SSSR count). The molecule has 1 aliphatic heterocycles. The van der Waals surface area contributed by atoms with E-state index in [2.05, 4.69) is 5.32 Å². The van der Waals surface area contributed by atoms with Gasteiger partial charge in [-0.15, -0.1) is 0 Å². The van der Waals surface area contributed by atoms with Crippen molar-refractivity contribution in [1.82, 2.24) is 0 Å². The fourth-order valence-electron chi connectivity index (χ4n) is 2.26. The summed E-state index contributed by atoms with van der Waals surface area (Å²) in [6.45, 7) is 1.10. The average Bonchev–Trinajstić information content (AvgIpc) is 2.47. The number of ether oxygens (including phenoxy) is 1. The maximum Gasteiger partial charge on any atom is 0.150 e. The molecule has 0 saturated carbocycles. The van der Waals surface area contributed by atoms with Crippen molar-refractivity contribution in [3.05, 3.63) is 48.3 Å². The molecule has 2 aromatic rings. The van der Waals surface area contributed by atoms with Gasteiger partial charge in [0.1, 0.15) is 11.9 Å². The predicted octanol–water partition coefficient (Wildman–Crippen LogP) is 2.62. The van der Waals surface area contributed by atoms with Gasteiger partial charge in [0.25, 0.3) is 0 Å². The second kappa shape index (κ2) is 4.90. The van der Waals surface area contributed by atoms with Crippen molar-refractivity contribution in [3.63, 3.8) is 0 Å². The van der Waals surface area contributed by atoms with E-state index in [4.69, 9.17) is 10.5 Å². The number of hydrogen-bond acceptors (Lipinski definition) is 3. The third-order valence-electron chi connectivity index (χ3n) is 3.25. The quantitative estimate of drug-likeness (QED) is 0.870. The van der Waals surface area contributed by atoms with Crippen LogP contribution in [0, 0.1) is 5.82 Å². The van der Waals surface area contributed by atoms with E-state index in [-0.39, 0.29) is 11.9 Å². The van der Waals surface area contributed by atoms with Crippen LogP contribution in [0.25, 0.3) is 11.1 Å². The average molecular weight is 258 g/mol. The number of para-hydroxylation sites is 1. The highest BCUT2D eigenvalue weighted by Gasteiger charge is 2.22. The van der Waals surface area contributed by atoms with Gasteiger partial charge in [0.15, 0.2) is 5.75 Å². The minimum Gasteiger partial charge on any atom is -0.484 e. The molecular weight excluding hydrogens is 243 g/mol. The zero-order chi connectivity index (χ0) is 13.2. The number of fused-ring (bicyclic) bond motifs is 1. The van der Waals surface area contributed by atoms with Crippen LogP contribution in [-0.4, -0.2) is 19.2 Å². The lowest BCUT2D eigenvalue weighted by atomic mass is 10.0. The first-order valence-electron chi connectivity index (χ1n) is 6.28. The molecule has 2 aromatic carbocycles. The molecule has 0 unspecified atom stereocenters. The Morgan fingerprint density at radius 1 is 1.16 bits per heavy atom. The molecule has 0 spiro atoms. The lowest BCUT2D eigenvalue weighted by Crippen LogP contribution is -2.37. The lowest BCUT2D eigenvalue weighted by Gasteiger charge is -2.28. The molecular formula is C15H15FN2O. The minimum absolute atomic E-state index is 0.0829. The van der Waals surface area contributed by atoms with E-state index in [0.717, 1.165) is 11.3 Å². The summed E-state index contributed by atoms with van der Waals surface area (Å²) >= 11 is 0. The van der Waals surface area contributed by atoms with E-state index in [0.29, 0.717) is 24.4 Å². The van der Waals surface area contributed by atoms with Crippen molar-refractivity contribution in [2.75, 3.05) is 18.4 Å². The molecule has 1 atom stereocenters. The first-order chi connectivity index (χ1) is 9.29. The monoisotopic (exact) mass is 258 g/mol. The van der Waals surface area contributed by atoms with Gasteiger partial charge in [0.2, 0.25) is 0 Å². The van der Waals surface area contributed by atoms with Crippen LogP contribution >= 0.6 is 0 Å². The molecule has 0 aromatic heterocycles. The second-order valence-corrected chi connectivity index (χ2v) is 4.52. The van der Waals surface area contributed by atoms with Gasteiger partial charge < -0.3 is 15.8 Å². The Bertz CT molecular complexity index is 600. The van der Waals surface area contributed by atoms with Gasteiger partial charge in [-0.3, -0.25) is 0 Å².